The lowest BCUT2D eigenvalue weighted by atomic mass is 10.1. The maximum Gasteiger partial charge on any atom is 0.326 e. The fraction of sp³-hybridized carbons (Fsp3) is 0.708. The van der Waals surface area contributed by atoms with Gasteiger partial charge in [0.05, 0.1) is 12.0 Å². The van der Waals surface area contributed by atoms with Crippen LogP contribution in [0.3, 0.4) is 0 Å². The largest absolute Gasteiger partial charge is 0.480 e. The van der Waals surface area contributed by atoms with Crippen molar-refractivity contribution in [3.05, 3.63) is 30.4 Å². The standard InChI is InChI=1S/C24H41N3O3/c1-2-3-4-5-6-7-8-9-10-11-12-13-14-15-16-17-23(28)27-22(24(29)30)18-21-19-25-20-26-21/h9-10,19-20,22H,2-8,11-18H2,1H3,(H,25,26)(H,27,28)(H,29,30). The van der Waals surface area contributed by atoms with E-state index in [1.54, 1.807) is 6.20 Å². The van der Waals surface area contributed by atoms with Gasteiger partial charge in [0.2, 0.25) is 5.91 Å². The van der Waals surface area contributed by atoms with Gasteiger partial charge < -0.3 is 15.4 Å². The van der Waals surface area contributed by atoms with E-state index in [1.165, 1.54) is 64.1 Å². The quantitative estimate of drug-likeness (QED) is 0.202. The molecule has 3 N–H and O–H groups in total. The molecule has 0 spiro atoms. The topological polar surface area (TPSA) is 95.1 Å². The summed E-state index contributed by atoms with van der Waals surface area (Å²) in [6.07, 6.45) is 24.1. The summed E-state index contributed by atoms with van der Waals surface area (Å²) < 4.78 is 0. The molecule has 1 amide bonds. The highest BCUT2D eigenvalue weighted by Gasteiger charge is 2.20. The molecule has 1 rings (SSSR count). The number of allylic oxidation sites excluding steroid dienone is 2. The van der Waals surface area contributed by atoms with Crippen LogP contribution in [0.1, 0.15) is 103 Å². The second-order valence-corrected chi connectivity index (χ2v) is 8.06. The fourth-order valence-electron chi connectivity index (χ4n) is 3.43. The Morgan fingerprint density at radius 2 is 1.60 bits per heavy atom. The average Bonchev–Trinajstić information content (AvgIpc) is 3.23. The first kappa shape index (κ1) is 25.9. The van der Waals surface area contributed by atoms with Crippen LogP contribution in [0, 0.1) is 0 Å². The zero-order valence-electron chi connectivity index (χ0n) is 18.7. The number of nitrogens with zero attached hydrogens (tertiary/aromatic N) is 1. The lowest BCUT2D eigenvalue weighted by molar-refractivity contribution is -0.141. The van der Waals surface area contributed by atoms with E-state index >= 15 is 0 Å². The minimum atomic E-state index is -1.03. The van der Waals surface area contributed by atoms with Crippen LogP contribution in [-0.4, -0.2) is 33.0 Å². The van der Waals surface area contributed by atoms with Crippen molar-refractivity contribution in [3.63, 3.8) is 0 Å². The van der Waals surface area contributed by atoms with E-state index in [2.05, 4.69) is 34.4 Å². The number of hydrogen-bond acceptors (Lipinski definition) is 3. The molecule has 30 heavy (non-hydrogen) atoms. The Labute approximate surface area is 182 Å². The van der Waals surface area contributed by atoms with Gasteiger partial charge in [0, 0.05) is 19.0 Å². The van der Waals surface area contributed by atoms with Crippen molar-refractivity contribution in [1.82, 2.24) is 15.3 Å². The summed E-state index contributed by atoms with van der Waals surface area (Å²) in [5, 5.41) is 11.9. The van der Waals surface area contributed by atoms with Crippen molar-refractivity contribution in [1.29, 1.82) is 0 Å². The third-order valence-electron chi connectivity index (χ3n) is 5.27. The number of aromatic amines is 1. The third-order valence-corrected chi connectivity index (χ3v) is 5.27. The van der Waals surface area contributed by atoms with E-state index in [4.69, 9.17) is 0 Å². The molecule has 0 aliphatic heterocycles. The van der Waals surface area contributed by atoms with E-state index in [9.17, 15) is 14.7 Å². The van der Waals surface area contributed by atoms with Gasteiger partial charge in [0.15, 0.2) is 0 Å². The number of carbonyl (C=O) groups is 2. The van der Waals surface area contributed by atoms with Crippen molar-refractivity contribution in [3.8, 4) is 0 Å². The Kier molecular flexibility index (Phi) is 15.3. The Hall–Kier alpha value is -2.11. The van der Waals surface area contributed by atoms with Gasteiger partial charge in [-0.25, -0.2) is 9.78 Å². The molecule has 0 bridgehead atoms. The number of hydrogen-bond donors (Lipinski definition) is 3. The number of aromatic nitrogens is 2. The molecule has 0 aliphatic rings. The van der Waals surface area contributed by atoms with Crippen molar-refractivity contribution in [2.45, 2.75) is 109 Å². The molecule has 0 saturated carbocycles. The summed E-state index contributed by atoms with van der Waals surface area (Å²) >= 11 is 0. The second-order valence-electron chi connectivity index (χ2n) is 8.06. The normalized spacial score (nSPS) is 12.3. The predicted molar refractivity (Wildman–Crippen MR) is 121 cm³/mol. The first-order valence-corrected chi connectivity index (χ1v) is 11.8. The molecule has 1 heterocycles. The Bertz CT molecular complexity index is 585. The summed E-state index contributed by atoms with van der Waals surface area (Å²) in [4.78, 5) is 30.1. The molecule has 0 fully saturated rings. The molecule has 6 nitrogen and oxygen atoms in total. The van der Waals surface area contributed by atoms with Gasteiger partial charge in [-0.05, 0) is 32.1 Å². The lowest BCUT2D eigenvalue weighted by Crippen LogP contribution is -2.42. The van der Waals surface area contributed by atoms with Gasteiger partial charge in [-0.1, -0.05) is 70.4 Å². The lowest BCUT2D eigenvalue weighted by Gasteiger charge is -2.13. The van der Waals surface area contributed by atoms with Crippen molar-refractivity contribution in [2.24, 2.45) is 0 Å². The van der Waals surface area contributed by atoms with Crippen LogP contribution in [0.4, 0.5) is 0 Å². The number of carboxylic acid groups (broad SMARTS) is 1. The van der Waals surface area contributed by atoms with Crippen LogP contribution in [0.25, 0.3) is 0 Å². The first-order valence-electron chi connectivity index (χ1n) is 11.8. The molecule has 0 aliphatic carbocycles. The number of rotatable bonds is 19. The van der Waals surface area contributed by atoms with Crippen LogP contribution in [0.2, 0.25) is 0 Å². The van der Waals surface area contributed by atoms with E-state index in [0.29, 0.717) is 12.1 Å². The van der Waals surface area contributed by atoms with Crippen LogP contribution >= 0.6 is 0 Å². The van der Waals surface area contributed by atoms with Gasteiger partial charge in [-0.15, -0.1) is 0 Å². The van der Waals surface area contributed by atoms with E-state index in [-0.39, 0.29) is 12.3 Å². The van der Waals surface area contributed by atoms with Gasteiger partial charge in [-0.2, -0.15) is 0 Å². The molecular formula is C24H41N3O3. The number of nitrogens with one attached hydrogen (secondary N) is 2. The Morgan fingerprint density at radius 3 is 2.17 bits per heavy atom. The van der Waals surface area contributed by atoms with Crippen LogP contribution in [0.5, 0.6) is 0 Å². The monoisotopic (exact) mass is 419 g/mol. The van der Waals surface area contributed by atoms with Crippen LogP contribution in [0.15, 0.2) is 24.7 Å². The number of aliphatic carboxylic acids is 1. The second kappa shape index (κ2) is 17.7. The molecule has 0 saturated heterocycles. The summed E-state index contributed by atoms with van der Waals surface area (Å²) in [6, 6.07) is -0.927. The average molecular weight is 420 g/mol. The first-order chi connectivity index (χ1) is 14.6. The highest BCUT2D eigenvalue weighted by Crippen LogP contribution is 2.10. The molecule has 0 radical (unpaired) electrons. The van der Waals surface area contributed by atoms with E-state index < -0.39 is 12.0 Å². The van der Waals surface area contributed by atoms with Crippen molar-refractivity contribution < 1.29 is 14.7 Å². The van der Waals surface area contributed by atoms with Gasteiger partial charge in [-0.3, -0.25) is 4.79 Å². The summed E-state index contributed by atoms with van der Waals surface area (Å²) in [5.41, 5.74) is 0.628. The smallest absolute Gasteiger partial charge is 0.326 e. The Balaban J connectivity index is 1.96. The number of imidazole rings is 1. The third kappa shape index (κ3) is 14.0. The maximum absolute atomic E-state index is 12.0. The molecule has 0 aromatic carbocycles. The number of H-pyrrole nitrogens is 1. The van der Waals surface area contributed by atoms with Gasteiger partial charge in [0.25, 0.3) is 0 Å². The zero-order valence-corrected chi connectivity index (χ0v) is 18.7. The van der Waals surface area contributed by atoms with Crippen molar-refractivity contribution >= 4 is 11.9 Å². The predicted octanol–water partition coefficient (Wildman–Crippen LogP) is 5.56. The van der Waals surface area contributed by atoms with E-state index in [1.807, 2.05) is 0 Å². The molecule has 1 unspecified atom stereocenters. The minimum absolute atomic E-state index is 0.191. The highest BCUT2D eigenvalue weighted by atomic mass is 16.4. The van der Waals surface area contributed by atoms with Crippen molar-refractivity contribution in [2.75, 3.05) is 0 Å². The van der Waals surface area contributed by atoms with Gasteiger partial charge in [0.1, 0.15) is 6.04 Å². The van der Waals surface area contributed by atoms with Crippen LogP contribution in [-0.2, 0) is 16.0 Å². The molecule has 1 aromatic heterocycles. The molecule has 1 aromatic rings. The molecular weight excluding hydrogens is 378 g/mol. The number of carboxylic acids is 1. The van der Waals surface area contributed by atoms with Gasteiger partial charge >= 0.3 is 5.97 Å². The van der Waals surface area contributed by atoms with Crippen LogP contribution < -0.4 is 5.32 Å². The summed E-state index contributed by atoms with van der Waals surface area (Å²) in [5.74, 6) is -1.23. The number of carbonyl (C=O) groups excluding carboxylic acids is 1. The molecule has 6 heteroatoms. The molecule has 1 atom stereocenters. The SMILES string of the molecule is CCCCCCCCC=CCCCCCCCC(=O)NC(Cc1c[nH]cn1)C(=O)O. The number of amides is 1. The minimum Gasteiger partial charge on any atom is -0.480 e. The van der Waals surface area contributed by atoms with E-state index in [0.717, 1.165) is 25.7 Å². The maximum atomic E-state index is 12.0. The summed E-state index contributed by atoms with van der Waals surface area (Å²) in [6.45, 7) is 2.25. The summed E-state index contributed by atoms with van der Waals surface area (Å²) in [7, 11) is 0. The number of unbranched alkanes of at least 4 members (excludes halogenated alkanes) is 11. The highest BCUT2D eigenvalue weighted by molar-refractivity contribution is 5.83. The Morgan fingerprint density at radius 1 is 1.00 bits per heavy atom. The fourth-order valence-corrected chi connectivity index (χ4v) is 3.43. The molecule has 170 valence electrons. The zero-order chi connectivity index (χ0) is 21.9.